The van der Waals surface area contributed by atoms with Gasteiger partial charge in [-0.1, -0.05) is 6.92 Å². The Hall–Kier alpha value is -0.570. The summed E-state index contributed by atoms with van der Waals surface area (Å²) in [5.41, 5.74) is -0.402. The molecule has 0 aromatic carbocycles. The molecule has 16 heavy (non-hydrogen) atoms. The molecule has 1 saturated heterocycles. The van der Waals surface area contributed by atoms with Crippen molar-refractivity contribution in [3.63, 3.8) is 0 Å². The van der Waals surface area contributed by atoms with Crippen molar-refractivity contribution in [1.82, 2.24) is 4.90 Å². The zero-order valence-electron chi connectivity index (χ0n) is 11.2. The van der Waals surface area contributed by atoms with Crippen LogP contribution in [0.15, 0.2) is 0 Å². The van der Waals surface area contributed by atoms with Crippen LogP contribution in [0.1, 0.15) is 47.0 Å². The molecule has 2 unspecified atom stereocenters. The van der Waals surface area contributed by atoms with Gasteiger partial charge < -0.3 is 4.74 Å². The summed E-state index contributed by atoms with van der Waals surface area (Å²) in [7, 11) is 1.47. The molecule has 1 fully saturated rings. The number of hydrogen-bond donors (Lipinski definition) is 0. The van der Waals surface area contributed by atoms with Crippen LogP contribution in [0.4, 0.5) is 0 Å². The minimum atomic E-state index is -0.402. The van der Waals surface area contributed by atoms with Crippen molar-refractivity contribution >= 4 is 5.97 Å². The molecule has 1 aliphatic rings. The molecular formula is C13H25NO2. The van der Waals surface area contributed by atoms with Crippen molar-refractivity contribution in [2.45, 2.75) is 59.0 Å². The fourth-order valence-electron chi connectivity index (χ4n) is 2.65. The zero-order valence-corrected chi connectivity index (χ0v) is 11.2. The molecule has 0 saturated carbocycles. The van der Waals surface area contributed by atoms with Crippen molar-refractivity contribution in [1.29, 1.82) is 0 Å². The molecule has 0 aliphatic carbocycles. The van der Waals surface area contributed by atoms with Crippen molar-refractivity contribution in [2.24, 2.45) is 5.41 Å². The molecular weight excluding hydrogens is 202 g/mol. The number of carbonyl (C=O) groups excluding carboxylic acids is 1. The van der Waals surface area contributed by atoms with Crippen LogP contribution < -0.4 is 0 Å². The number of methoxy groups -OCH3 is 1. The van der Waals surface area contributed by atoms with E-state index in [-0.39, 0.29) is 5.97 Å². The lowest BCUT2D eigenvalue weighted by molar-refractivity contribution is -0.152. The second kappa shape index (κ2) is 5.17. The van der Waals surface area contributed by atoms with E-state index in [0.717, 1.165) is 6.54 Å². The SMILES string of the molecule is CCC1CCC(C)N1CC(C)(C)C(=O)OC. The van der Waals surface area contributed by atoms with Gasteiger partial charge in [0.1, 0.15) is 0 Å². The molecule has 2 atom stereocenters. The first-order valence-corrected chi connectivity index (χ1v) is 6.26. The molecule has 0 radical (unpaired) electrons. The highest BCUT2D eigenvalue weighted by atomic mass is 16.5. The molecule has 0 aromatic heterocycles. The van der Waals surface area contributed by atoms with Crippen LogP contribution in [-0.4, -0.2) is 36.6 Å². The molecule has 0 N–H and O–H groups in total. The van der Waals surface area contributed by atoms with E-state index in [1.54, 1.807) is 0 Å². The van der Waals surface area contributed by atoms with Gasteiger partial charge in [0, 0.05) is 18.6 Å². The predicted molar refractivity (Wildman–Crippen MR) is 65.3 cm³/mol. The Bertz CT molecular complexity index is 250. The van der Waals surface area contributed by atoms with Crippen LogP contribution in [0.3, 0.4) is 0 Å². The lowest BCUT2D eigenvalue weighted by Gasteiger charge is -2.34. The summed E-state index contributed by atoms with van der Waals surface area (Å²) in [6, 6.07) is 1.23. The lowest BCUT2D eigenvalue weighted by Crippen LogP contribution is -2.44. The van der Waals surface area contributed by atoms with Gasteiger partial charge in [0.05, 0.1) is 12.5 Å². The standard InChI is InChI=1S/C13H25NO2/c1-6-11-8-7-10(2)14(11)9-13(3,4)12(15)16-5/h10-11H,6-9H2,1-5H3. The first kappa shape index (κ1) is 13.5. The third-order valence-electron chi connectivity index (χ3n) is 3.74. The van der Waals surface area contributed by atoms with E-state index in [4.69, 9.17) is 4.74 Å². The first-order chi connectivity index (χ1) is 7.42. The predicted octanol–water partition coefficient (Wildman–Crippen LogP) is 2.45. The molecule has 0 spiro atoms. The number of nitrogens with zero attached hydrogens (tertiary/aromatic N) is 1. The zero-order chi connectivity index (χ0) is 12.3. The van der Waals surface area contributed by atoms with Crippen LogP contribution in [0, 0.1) is 5.41 Å². The number of esters is 1. The van der Waals surface area contributed by atoms with Gasteiger partial charge in [0.25, 0.3) is 0 Å². The minimum absolute atomic E-state index is 0.110. The highest BCUT2D eigenvalue weighted by Gasteiger charge is 2.37. The largest absolute Gasteiger partial charge is 0.469 e. The third kappa shape index (κ3) is 2.76. The van der Waals surface area contributed by atoms with Gasteiger partial charge in [0.15, 0.2) is 0 Å². The Morgan fingerprint density at radius 3 is 2.56 bits per heavy atom. The first-order valence-electron chi connectivity index (χ1n) is 6.26. The van der Waals surface area contributed by atoms with E-state index in [1.807, 2.05) is 13.8 Å². The van der Waals surface area contributed by atoms with Crippen LogP contribution in [0.2, 0.25) is 0 Å². The molecule has 0 amide bonds. The maximum atomic E-state index is 11.7. The average molecular weight is 227 g/mol. The van der Waals surface area contributed by atoms with E-state index >= 15 is 0 Å². The van der Waals surface area contributed by atoms with E-state index in [2.05, 4.69) is 18.7 Å². The van der Waals surface area contributed by atoms with Gasteiger partial charge >= 0.3 is 5.97 Å². The molecule has 0 bridgehead atoms. The Labute approximate surface area is 99.1 Å². The number of rotatable bonds is 4. The second-order valence-corrected chi connectivity index (χ2v) is 5.54. The molecule has 0 aromatic rings. The molecule has 1 heterocycles. The number of likely N-dealkylation sites (tertiary alicyclic amines) is 1. The highest BCUT2D eigenvalue weighted by molar-refractivity contribution is 5.76. The Kier molecular flexibility index (Phi) is 4.36. The third-order valence-corrected chi connectivity index (χ3v) is 3.74. The van der Waals surface area contributed by atoms with E-state index < -0.39 is 5.41 Å². The van der Waals surface area contributed by atoms with Crippen LogP contribution in [-0.2, 0) is 9.53 Å². The fraction of sp³-hybridized carbons (Fsp3) is 0.923. The molecule has 3 heteroatoms. The molecule has 1 rings (SSSR count). The van der Waals surface area contributed by atoms with E-state index in [9.17, 15) is 4.79 Å². The molecule has 94 valence electrons. The summed E-state index contributed by atoms with van der Waals surface area (Å²) < 4.78 is 4.86. The summed E-state index contributed by atoms with van der Waals surface area (Å²) >= 11 is 0. The Morgan fingerprint density at radius 1 is 1.44 bits per heavy atom. The number of ether oxygens (including phenoxy) is 1. The van der Waals surface area contributed by atoms with Gasteiger partial charge in [-0.05, 0) is 40.0 Å². The van der Waals surface area contributed by atoms with Gasteiger partial charge in [-0.3, -0.25) is 9.69 Å². The quantitative estimate of drug-likeness (QED) is 0.691. The summed E-state index contributed by atoms with van der Waals surface area (Å²) in [4.78, 5) is 14.1. The lowest BCUT2D eigenvalue weighted by atomic mass is 9.92. The van der Waals surface area contributed by atoms with Crippen LogP contribution >= 0.6 is 0 Å². The number of carbonyl (C=O) groups is 1. The van der Waals surface area contributed by atoms with Crippen LogP contribution in [0.25, 0.3) is 0 Å². The summed E-state index contributed by atoms with van der Waals surface area (Å²) in [6.07, 6.45) is 3.67. The maximum absolute atomic E-state index is 11.7. The summed E-state index contributed by atoms with van der Waals surface area (Å²) in [6.45, 7) is 9.22. The topological polar surface area (TPSA) is 29.5 Å². The van der Waals surface area contributed by atoms with E-state index in [0.29, 0.717) is 12.1 Å². The summed E-state index contributed by atoms with van der Waals surface area (Å²) in [5.74, 6) is -0.110. The van der Waals surface area contributed by atoms with Gasteiger partial charge in [-0.2, -0.15) is 0 Å². The average Bonchev–Trinajstić information content (AvgIpc) is 2.58. The Morgan fingerprint density at radius 2 is 2.06 bits per heavy atom. The monoisotopic (exact) mass is 227 g/mol. The molecule has 1 aliphatic heterocycles. The van der Waals surface area contributed by atoms with Crippen molar-refractivity contribution in [3.05, 3.63) is 0 Å². The second-order valence-electron chi connectivity index (χ2n) is 5.54. The fourth-order valence-corrected chi connectivity index (χ4v) is 2.65. The van der Waals surface area contributed by atoms with Gasteiger partial charge in [-0.15, -0.1) is 0 Å². The summed E-state index contributed by atoms with van der Waals surface area (Å²) in [5, 5.41) is 0. The van der Waals surface area contributed by atoms with Crippen LogP contribution in [0.5, 0.6) is 0 Å². The van der Waals surface area contributed by atoms with Gasteiger partial charge in [-0.25, -0.2) is 0 Å². The smallest absolute Gasteiger partial charge is 0.312 e. The van der Waals surface area contributed by atoms with Crippen molar-refractivity contribution in [3.8, 4) is 0 Å². The van der Waals surface area contributed by atoms with Crippen molar-refractivity contribution < 1.29 is 9.53 Å². The van der Waals surface area contributed by atoms with E-state index in [1.165, 1.54) is 26.4 Å². The Balaban J connectivity index is 2.67. The molecule has 3 nitrogen and oxygen atoms in total. The van der Waals surface area contributed by atoms with Crippen molar-refractivity contribution in [2.75, 3.05) is 13.7 Å². The minimum Gasteiger partial charge on any atom is -0.469 e. The normalized spacial score (nSPS) is 27.1. The van der Waals surface area contributed by atoms with Gasteiger partial charge in [0.2, 0.25) is 0 Å². The highest BCUT2D eigenvalue weighted by Crippen LogP contribution is 2.30. The number of hydrogen-bond acceptors (Lipinski definition) is 3. The maximum Gasteiger partial charge on any atom is 0.312 e.